The highest BCUT2D eigenvalue weighted by molar-refractivity contribution is 7.99. The summed E-state index contributed by atoms with van der Waals surface area (Å²) in [5.74, 6) is 3.01. The molecule has 1 saturated carbocycles. The molecule has 1 aliphatic carbocycles. The van der Waals surface area contributed by atoms with Gasteiger partial charge in [0.2, 0.25) is 0 Å². The van der Waals surface area contributed by atoms with Crippen molar-refractivity contribution in [2.45, 2.75) is 18.1 Å². The summed E-state index contributed by atoms with van der Waals surface area (Å²) in [7, 11) is 0. The first-order valence-corrected chi connectivity index (χ1v) is 11.7. The quantitative estimate of drug-likeness (QED) is 0.596. The van der Waals surface area contributed by atoms with Gasteiger partial charge in [-0.05, 0) is 47.1 Å². The van der Waals surface area contributed by atoms with E-state index in [4.69, 9.17) is 4.74 Å². The van der Waals surface area contributed by atoms with E-state index >= 15 is 0 Å². The largest absolute Gasteiger partial charge is 0.442 e. The maximum Gasteiger partial charge on any atom is 0.414 e. The second-order valence-electron chi connectivity index (χ2n) is 8.45. The number of pyridine rings is 1. The van der Waals surface area contributed by atoms with Crippen LogP contribution in [0.3, 0.4) is 0 Å². The van der Waals surface area contributed by atoms with Gasteiger partial charge in [0.25, 0.3) is 0 Å². The molecule has 2 saturated heterocycles. The van der Waals surface area contributed by atoms with E-state index in [-0.39, 0.29) is 17.6 Å². The number of hydrogen-bond acceptors (Lipinski definition) is 7. The van der Waals surface area contributed by atoms with Gasteiger partial charge in [0.1, 0.15) is 11.5 Å². The monoisotopic (exact) mass is 444 g/mol. The van der Waals surface area contributed by atoms with Crippen LogP contribution in [0.4, 0.5) is 10.5 Å². The van der Waals surface area contributed by atoms with Crippen LogP contribution in [0.1, 0.15) is 5.69 Å². The Morgan fingerprint density at radius 2 is 1.94 bits per heavy atom. The number of carbonyl (C=O) groups is 1. The molecule has 2 unspecified atom stereocenters. The maximum absolute atomic E-state index is 12.3. The van der Waals surface area contributed by atoms with Gasteiger partial charge in [0, 0.05) is 23.6 Å². The molecule has 0 radical (unpaired) electrons. The van der Waals surface area contributed by atoms with Crippen LogP contribution in [0.5, 0.6) is 0 Å². The Morgan fingerprint density at radius 1 is 1.16 bits per heavy atom. The van der Waals surface area contributed by atoms with E-state index < -0.39 is 0 Å². The van der Waals surface area contributed by atoms with Crippen LogP contribution in [0.25, 0.3) is 11.1 Å². The molecule has 9 heteroatoms. The SMILES string of the molecule is N#CC1(c2ccc(-c3ccc(N4C[C@H](Cn5ccnn5)OC4=O)cc3)cn2)C2CSCC21. The van der Waals surface area contributed by atoms with Crippen LogP contribution in [0, 0.1) is 23.2 Å². The molecule has 6 rings (SSSR count). The predicted molar refractivity (Wildman–Crippen MR) is 119 cm³/mol. The maximum atomic E-state index is 12.3. The number of amides is 1. The molecule has 1 aromatic carbocycles. The lowest BCUT2D eigenvalue weighted by molar-refractivity contribution is 0.129. The van der Waals surface area contributed by atoms with E-state index in [9.17, 15) is 10.1 Å². The topological polar surface area (TPSA) is 96.9 Å². The van der Waals surface area contributed by atoms with E-state index in [1.165, 1.54) is 0 Å². The first kappa shape index (κ1) is 19.3. The molecule has 0 bridgehead atoms. The molecule has 3 fully saturated rings. The molecule has 0 N–H and O–H groups in total. The minimum absolute atomic E-state index is 0.270. The molecule has 2 aliphatic heterocycles. The Bertz CT molecular complexity index is 1180. The minimum atomic E-state index is -0.382. The third kappa shape index (κ3) is 2.98. The van der Waals surface area contributed by atoms with E-state index in [1.54, 1.807) is 22.0 Å². The summed E-state index contributed by atoms with van der Waals surface area (Å²) in [6, 6.07) is 14.4. The molecule has 1 amide bonds. The zero-order valence-corrected chi connectivity index (χ0v) is 18.0. The summed E-state index contributed by atoms with van der Waals surface area (Å²) in [5, 5.41) is 17.5. The molecule has 4 heterocycles. The Hall–Kier alpha value is -3.38. The van der Waals surface area contributed by atoms with Gasteiger partial charge in [0.15, 0.2) is 0 Å². The van der Waals surface area contributed by atoms with Gasteiger partial charge in [-0.15, -0.1) is 5.10 Å². The molecular formula is C23H20N6O2S. The normalized spacial score (nSPS) is 28.3. The number of nitriles is 1. The average Bonchev–Trinajstić information content (AvgIpc) is 3.35. The first-order chi connectivity index (χ1) is 15.7. The number of cyclic esters (lactones) is 1. The van der Waals surface area contributed by atoms with Gasteiger partial charge in [-0.3, -0.25) is 9.88 Å². The van der Waals surface area contributed by atoms with Crippen molar-refractivity contribution < 1.29 is 9.53 Å². The fourth-order valence-electron chi connectivity index (χ4n) is 4.97. The number of fused-ring (bicyclic) bond motifs is 1. The van der Waals surface area contributed by atoms with Gasteiger partial charge in [0.05, 0.1) is 31.0 Å². The van der Waals surface area contributed by atoms with E-state index in [2.05, 4.69) is 21.4 Å². The zero-order chi connectivity index (χ0) is 21.7. The molecule has 32 heavy (non-hydrogen) atoms. The summed E-state index contributed by atoms with van der Waals surface area (Å²) in [4.78, 5) is 18.6. The Morgan fingerprint density at radius 3 is 2.59 bits per heavy atom. The summed E-state index contributed by atoms with van der Waals surface area (Å²) in [5.41, 5.74) is 3.30. The van der Waals surface area contributed by atoms with Crippen LogP contribution < -0.4 is 4.90 Å². The standard InChI is InChI=1S/C23H20N6O2S/c24-14-23(19-12-32-13-20(19)23)21-6-3-16(9-25-21)15-1-4-17(5-2-15)29-11-18(31-22(29)30)10-28-8-7-26-27-28/h1-9,18-20H,10-13H2/t18-,19?,20?,23?/m0/s1. The number of hydrogen-bond donors (Lipinski definition) is 0. The van der Waals surface area contributed by atoms with Gasteiger partial charge < -0.3 is 4.74 Å². The number of anilines is 1. The summed E-state index contributed by atoms with van der Waals surface area (Å²) in [6.07, 6.45) is 4.57. The van der Waals surface area contributed by atoms with Gasteiger partial charge in [-0.1, -0.05) is 23.4 Å². The highest BCUT2D eigenvalue weighted by atomic mass is 32.2. The van der Waals surface area contributed by atoms with Crippen LogP contribution in [-0.2, 0) is 16.7 Å². The second-order valence-corrected chi connectivity index (χ2v) is 9.53. The Labute approximate surface area is 189 Å². The third-order valence-corrected chi connectivity index (χ3v) is 7.95. The van der Waals surface area contributed by atoms with Crippen LogP contribution in [0.2, 0.25) is 0 Å². The van der Waals surface area contributed by atoms with E-state index in [1.807, 2.05) is 54.4 Å². The lowest BCUT2D eigenvalue weighted by Crippen LogP contribution is -2.26. The van der Waals surface area contributed by atoms with Crippen molar-refractivity contribution in [2.75, 3.05) is 23.0 Å². The minimum Gasteiger partial charge on any atom is -0.442 e. The number of thioether (sulfide) groups is 1. The van der Waals surface area contributed by atoms with Gasteiger partial charge in [-0.25, -0.2) is 9.48 Å². The number of ether oxygens (including phenoxy) is 1. The summed E-state index contributed by atoms with van der Waals surface area (Å²) in [6.45, 7) is 0.939. The molecule has 0 spiro atoms. The molecule has 2 aromatic heterocycles. The van der Waals surface area contributed by atoms with Crippen LogP contribution in [-0.4, -0.2) is 50.2 Å². The first-order valence-electron chi connectivity index (χ1n) is 10.6. The van der Waals surface area contributed by atoms with Crippen molar-refractivity contribution in [3.8, 4) is 17.2 Å². The van der Waals surface area contributed by atoms with Crippen LogP contribution in [0.15, 0.2) is 55.0 Å². The van der Waals surface area contributed by atoms with Crippen molar-refractivity contribution in [1.82, 2.24) is 20.0 Å². The Kier molecular flexibility index (Phi) is 4.43. The van der Waals surface area contributed by atoms with E-state index in [0.717, 1.165) is 34.0 Å². The molecule has 160 valence electrons. The van der Waals surface area contributed by atoms with Crippen molar-refractivity contribution in [3.63, 3.8) is 0 Å². The number of nitrogens with zero attached hydrogens (tertiary/aromatic N) is 6. The Balaban J connectivity index is 1.16. The van der Waals surface area contributed by atoms with Crippen molar-refractivity contribution in [1.29, 1.82) is 5.26 Å². The fraction of sp³-hybridized carbons (Fsp3) is 0.348. The summed E-state index contributed by atoms with van der Waals surface area (Å²) >= 11 is 1.93. The molecule has 3 atom stereocenters. The predicted octanol–water partition coefficient (Wildman–Crippen LogP) is 3.12. The fourth-order valence-corrected chi connectivity index (χ4v) is 6.60. The van der Waals surface area contributed by atoms with Gasteiger partial charge in [-0.2, -0.15) is 17.0 Å². The van der Waals surface area contributed by atoms with Crippen molar-refractivity contribution >= 4 is 23.5 Å². The molecule has 3 aromatic rings. The smallest absolute Gasteiger partial charge is 0.414 e. The highest BCUT2D eigenvalue weighted by Gasteiger charge is 2.69. The van der Waals surface area contributed by atoms with Gasteiger partial charge >= 0.3 is 6.09 Å². The zero-order valence-electron chi connectivity index (χ0n) is 17.2. The number of carbonyl (C=O) groups excluding carboxylic acids is 1. The lowest BCUT2D eigenvalue weighted by atomic mass is 9.97. The second kappa shape index (κ2) is 7.35. The third-order valence-electron chi connectivity index (χ3n) is 6.76. The van der Waals surface area contributed by atoms with E-state index in [0.29, 0.717) is 24.9 Å². The molecule has 8 nitrogen and oxygen atoms in total. The molecule has 3 aliphatic rings. The van der Waals surface area contributed by atoms with Crippen molar-refractivity contribution in [3.05, 3.63) is 60.7 Å². The number of aromatic nitrogens is 4. The summed E-state index contributed by atoms with van der Waals surface area (Å²) < 4.78 is 7.13. The lowest BCUT2D eigenvalue weighted by Gasteiger charge is -2.14. The van der Waals surface area contributed by atoms with Crippen LogP contribution >= 0.6 is 11.8 Å². The highest BCUT2D eigenvalue weighted by Crippen LogP contribution is 2.65. The van der Waals surface area contributed by atoms with Crippen molar-refractivity contribution in [2.24, 2.45) is 11.8 Å². The number of benzene rings is 1. The molecular weight excluding hydrogens is 424 g/mol. The number of rotatable bonds is 5. The average molecular weight is 445 g/mol.